The van der Waals surface area contributed by atoms with Crippen LogP contribution in [0.15, 0.2) is 101 Å². The second kappa shape index (κ2) is 10.7. The van der Waals surface area contributed by atoms with E-state index in [0.29, 0.717) is 23.0 Å². The van der Waals surface area contributed by atoms with Crippen LogP contribution in [0.25, 0.3) is 55.7 Å². The fourth-order valence-corrected chi connectivity index (χ4v) is 5.89. The zero-order valence-electron chi connectivity index (χ0n) is 24.2. The standard InChI is InChI=1S/C38H34O3/c1-6-40-38(39)35-34(32-21-25(5)31-22-28(23(2)3)20-19-24(4)33(31)32)37(41-36(35)27-14-8-7-9-15-27)30-18-12-16-26-13-10-11-17-29(26)30/h7-23H,6H2,1-5H3. The molecule has 0 saturated heterocycles. The molecule has 0 aliphatic heterocycles. The van der Waals surface area contributed by atoms with Gasteiger partial charge in [0.15, 0.2) is 0 Å². The Morgan fingerprint density at radius 3 is 2.22 bits per heavy atom. The molecule has 3 heteroatoms. The number of furan rings is 1. The van der Waals surface area contributed by atoms with Gasteiger partial charge in [0.25, 0.3) is 0 Å². The van der Waals surface area contributed by atoms with Crippen LogP contribution in [0, 0.1) is 13.8 Å². The molecule has 2 aliphatic carbocycles. The first kappa shape index (κ1) is 26.6. The Kier molecular flexibility index (Phi) is 6.96. The molecule has 1 aromatic heterocycles. The monoisotopic (exact) mass is 538 g/mol. The molecule has 0 saturated carbocycles. The van der Waals surface area contributed by atoms with E-state index in [1.165, 1.54) is 11.1 Å². The van der Waals surface area contributed by atoms with Gasteiger partial charge in [0.05, 0.1) is 6.61 Å². The van der Waals surface area contributed by atoms with Crippen molar-refractivity contribution < 1.29 is 13.9 Å². The van der Waals surface area contributed by atoms with E-state index in [-0.39, 0.29) is 12.6 Å². The first-order chi connectivity index (χ1) is 19.9. The van der Waals surface area contributed by atoms with Gasteiger partial charge in [-0.3, -0.25) is 0 Å². The number of carbonyl (C=O) groups is 1. The maximum Gasteiger partial charge on any atom is 0.342 e. The van der Waals surface area contributed by atoms with Crippen LogP contribution in [0.3, 0.4) is 0 Å². The van der Waals surface area contributed by atoms with E-state index in [2.05, 4.69) is 76.2 Å². The van der Waals surface area contributed by atoms with E-state index >= 15 is 0 Å². The molecule has 6 rings (SSSR count). The highest BCUT2D eigenvalue weighted by molar-refractivity contribution is 6.11. The fraction of sp³-hybridized carbons (Fsp3) is 0.184. The minimum Gasteiger partial charge on any atom is -0.462 e. The zero-order chi connectivity index (χ0) is 28.7. The van der Waals surface area contributed by atoms with Gasteiger partial charge in [-0.1, -0.05) is 111 Å². The van der Waals surface area contributed by atoms with Crippen LogP contribution < -0.4 is 0 Å². The molecule has 0 N–H and O–H groups in total. The largest absolute Gasteiger partial charge is 0.462 e. The van der Waals surface area contributed by atoms with E-state index in [4.69, 9.17) is 9.15 Å². The third-order valence-corrected chi connectivity index (χ3v) is 7.95. The molecule has 3 aromatic carbocycles. The highest BCUT2D eigenvalue weighted by atomic mass is 16.5. The van der Waals surface area contributed by atoms with Gasteiger partial charge in [-0.25, -0.2) is 4.79 Å². The zero-order valence-corrected chi connectivity index (χ0v) is 24.2. The van der Waals surface area contributed by atoms with Gasteiger partial charge in [0.2, 0.25) is 0 Å². The summed E-state index contributed by atoms with van der Waals surface area (Å²) in [5, 5.41) is 2.18. The summed E-state index contributed by atoms with van der Waals surface area (Å²) in [6.07, 6.45) is 0. The summed E-state index contributed by atoms with van der Waals surface area (Å²) >= 11 is 0. The van der Waals surface area contributed by atoms with Crippen molar-refractivity contribution >= 4 is 16.7 Å². The lowest BCUT2D eigenvalue weighted by molar-refractivity contribution is 0.0527. The topological polar surface area (TPSA) is 39.4 Å². The Balaban J connectivity index is 1.77. The molecule has 0 bridgehead atoms. The third kappa shape index (κ3) is 4.62. The van der Waals surface area contributed by atoms with Crippen molar-refractivity contribution in [1.82, 2.24) is 0 Å². The van der Waals surface area contributed by atoms with Crippen molar-refractivity contribution in [2.75, 3.05) is 6.61 Å². The van der Waals surface area contributed by atoms with Crippen molar-refractivity contribution in [3.05, 3.63) is 119 Å². The van der Waals surface area contributed by atoms with E-state index in [0.717, 1.165) is 49.7 Å². The van der Waals surface area contributed by atoms with E-state index in [1.807, 2.05) is 55.5 Å². The van der Waals surface area contributed by atoms with Crippen molar-refractivity contribution in [3.63, 3.8) is 0 Å². The molecule has 0 unspecified atom stereocenters. The van der Waals surface area contributed by atoms with Gasteiger partial charge in [0, 0.05) is 16.7 Å². The van der Waals surface area contributed by atoms with Gasteiger partial charge < -0.3 is 9.15 Å². The number of ether oxygens (including phenoxy) is 1. The van der Waals surface area contributed by atoms with Crippen LogP contribution in [0.5, 0.6) is 0 Å². The Morgan fingerprint density at radius 1 is 0.732 bits per heavy atom. The summed E-state index contributed by atoms with van der Waals surface area (Å²) < 4.78 is 12.5. The minimum atomic E-state index is -0.385. The van der Waals surface area contributed by atoms with E-state index in [1.54, 1.807) is 0 Å². The van der Waals surface area contributed by atoms with Crippen LogP contribution in [0.2, 0.25) is 0 Å². The van der Waals surface area contributed by atoms with Crippen LogP contribution in [-0.4, -0.2) is 12.6 Å². The summed E-state index contributed by atoms with van der Waals surface area (Å²) in [4.78, 5) is 13.9. The van der Waals surface area contributed by atoms with Crippen molar-refractivity contribution in [1.29, 1.82) is 0 Å². The van der Waals surface area contributed by atoms with Crippen molar-refractivity contribution in [2.24, 2.45) is 0 Å². The van der Waals surface area contributed by atoms with Gasteiger partial charge in [0.1, 0.15) is 17.1 Å². The molecule has 0 fully saturated rings. The number of carbonyl (C=O) groups excluding carboxylic acids is 1. The lowest BCUT2D eigenvalue weighted by Crippen LogP contribution is -2.06. The molecule has 0 atom stereocenters. The Labute approximate surface area is 241 Å². The highest BCUT2D eigenvalue weighted by Gasteiger charge is 2.33. The van der Waals surface area contributed by atoms with Crippen LogP contribution >= 0.6 is 0 Å². The average Bonchev–Trinajstić information content (AvgIpc) is 3.46. The maximum atomic E-state index is 13.9. The molecule has 0 spiro atoms. The number of hydrogen-bond acceptors (Lipinski definition) is 3. The molecule has 3 nitrogen and oxygen atoms in total. The van der Waals surface area contributed by atoms with E-state index < -0.39 is 0 Å². The molecule has 0 amide bonds. The molecule has 1 heterocycles. The number of aryl methyl sites for hydroxylation is 2. The summed E-state index contributed by atoms with van der Waals surface area (Å²) in [5.41, 5.74) is 9.90. The normalized spacial score (nSPS) is 11.5. The number of benzene rings is 3. The number of fused-ring (bicyclic) bond motifs is 2. The Hall–Kier alpha value is -4.63. The van der Waals surface area contributed by atoms with Crippen molar-refractivity contribution in [3.8, 4) is 44.9 Å². The predicted octanol–water partition coefficient (Wildman–Crippen LogP) is 10.5. The van der Waals surface area contributed by atoms with Gasteiger partial charge in [-0.05, 0) is 70.8 Å². The predicted molar refractivity (Wildman–Crippen MR) is 169 cm³/mol. The van der Waals surface area contributed by atoms with Crippen LogP contribution in [-0.2, 0) is 4.74 Å². The van der Waals surface area contributed by atoms with Gasteiger partial charge >= 0.3 is 5.97 Å². The Morgan fingerprint density at radius 2 is 1.46 bits per heavy atom. The minimum absolute atomic E-state index is 0.272. The summed E-state index contributed by atoms with van der Waals surface area (Å²) in [6.45, 7) is 10.8. The number of rotatable bonds is 6. The van der Waals surface area contributed by atoms with Crippen LogP contribution in [0.1, 0.15) is 53.7 Å². The van der Waals surface area contributed by atoms with Crippen LogP contribution in [0.4, 0.5) is 0 Å². The lowest BCUT2D eigenvalue weighted by atomic mass is 9.91. The quantitative estimate of drug-likeness (QED) is 0.198. The first-order valence-corrected chi connectivity index (χ1v) is 14.3. The average molecular weight is 539 g/mol. The fourth-order valence-electron chi connectivity index (χ4n) is 5.89. The lowest BCUT2D eigenvalue weighted by Gasteiger charge is -2.11. The number of esters is 1. The smallest absolute Gasteiger partial charge is 0.342 e. The number of hydrogen-bond donors (Lipinski definition) is 0. The molecule has 4 aromatic rings. The molecule has 0 radical (unpaired) electrons. The third-order valence-electron chi connectivity index (χ3n) is 7.95. The SMILES string of the molecule is CCOC(=O)c1c(-c2ccccc2)oc(-c2cccc3ccccc23)c1-c1cc(C)c2cc(C(C)C)ccc(C)c1-2. The van der Waals surface area contributed by atoms with Gasteiger partial charge in [-0.15, -0.1) is 0 Å². The van der Waals surface area contributed by atoms with Crippen molar-refractivity contribution in [2.45, 2.75) is 40.5 Å². The maximum absolute atomic E-state index is 13.9. The van der Waals surface area contributed by atoms with Gasteiger partial charge in [-0.2, -0.15) is 0 Å². The second-order valence-corrected chi connectivity index (χ2v) is 11.0. The second-order valence-electron chi connectivity index (χ2n) is 11.0. The van der Waals surface area contributed by atoms with E-state index in [9.17, 15) is 4.79 Å². The molecule has 41 heavy (non-hydrogen) atoms. The summed E-state index contributed by atoms with van der Waals surface area (Å²) in [7, 11) is 0. The first-order valence-electron chi connectivity index (χ1n) is 14.3. The molecular formula is C38H34O3. The molecular weight excluding hydrogens is 504 g/mol. The molecule has 204 valence electrons. The Bertz CT molecular complexity index is 1850. The summed E-state index contributed by atoms with van der Waals surface area (Å²) in [5.74, 6) is 1.20. The molecule has 2 aliphatic rings. The summed E-state index contributed by atoms with van der Waals surface area (Å²) in [6, 6.07) is 33.3. The highest BCUT2D eigenvalue weighted by Crippen LogP contribution is 2.50.